The number of anilines is 1. The number of nitrogens with one attached hydrogen (secondary N) is 1. The van der Waals surface area contributed by atoms with Gasteiger partial charge in [0, 0.05) is 29.9 Å². The Bertz CT molecular complexity index is 317. The van der Waals surface area contributed by atoms with E-state index < -0.39 is 0 Å². The van der Waals surface area contributed by atoms with Crippen LogP contribution < -0.4 is 11.1 Å². The molecule has 1 aromatic rings. The summed E-state index contributed by atoms with van der Waals surface area (Å²) in [6.45, 7) is 5.36. The molecule has 0 saturated carbocycles. The van der Waals surface area contributed by atoms with Gasteiger partial charge in [-0.15, -0.1) is 0 Å². The Morgan fingerprint density at radius 1 is 1.47 bits per heavy atom. The molecule has 1 heterocycles. The molecule has 0 aliphatic rings. The quantitative estimate of drug-likeness (QED) is 0.698. The van der Waals surface area contributed by atoms with E-state index in [9.17, 15) is 0 Å². The fraction of sp³-hybridized carbons (Fsp3) is 0.615. The molecule has 0 aliphatic heterocycles. The maximum Gasteiger partial charge on any atom is 0.0378 e. The van der Waals surface area contributed by atoms with Crippen LogP contribution in [0, 0.1) is 0 Å². The van der Waals surface area contributed by atoms with E-state index in [0.29, 0.717) is 6.04 Å². The molecule has 0 radical (unpaired) electrons. The number of nitrogens with two attached hydrogens (primary N) is 1. The highest BCUT2D eigenvalue weighted by atomic mass is 32.2. The Labute approximate surface area is 109 Å². The molecule has 1 unspecified atom stereocenters. The van der Waals surface area contributed by atoms with Crippen LogP contribution in [0.2, 0.25) is 0 Å². The van der Waals surface area contributed by atoms with Crippen molar-refractivity contribution in [2.45, 2.75) is 32.7 Å². The summed E-state index contributed by atoms with van der Waals surface area (Å²) in [5.41, 5.74) is 7.94. The van der Waals surface area contributed by atoms with E-state index in [0.717, 1.165) is 30.0 Å². The lowest BCUT2D eigenvalue weighted by Crippen LogP contribution is -2.33. The summed E-state index contributed by atoms with van der Waals surface area (Å²) in [6.07, 6.45) is 5.82. The zero-order valence-corrected chi connectivity index (χ0v) is 11.6. The van der Waals surface area contributed by atoms with Crippen LogP contribution in [0.1, 0.15) is 25.8 Å². The second-order valence-corrected chi connectivity index (χ2v) is 5.26. The lowest BCUT2D eigenvalue weighted by Gasteiger charge is -2.18. The van der Waals surface area contributed by atoms with Crippen LogP contribution in [0.5, 0.6) is 0 Å². The van der Waals surface area contributed by atoms with E-state index in [1.807, 2.05) is 24.0 Å². The third kappa shape index (κ3) is 5.41. The van der Waals surface area contributed by atoms with Crippen LogP contribution in [0.15, 0.2) is 18.5 Å². The predicted octanol–water partition coefficient (Wildman–Crippen LogP) is 2.33. The number of hydrogen-bond donors (Lipinski definition) is 2. The number of nitrogens with zero attached hydrogens (tertiary/aromatic N) is 1. The van der Waals surface area contributed by atoms with Gasteiger partial charge in [0.2, 0.25) is 0 Å². The molecule has 0 aliphatic carbocycles. The monoisotopic (exact) mass is 253 g/mol. The van der Waals surface area contributed by atoms with Gasteiger partial charge in [-0.1, -0.05) is 13.8 Å². The molecule has 0 bridgehead atoms. The van der Waals surface area contributed by atoms with Gasteiger partial charge < -0.3 is 11.1 Å². The molecule has 0 fully saturated rings. The topological polar surface area (TPSA) is 50.9 Å². The minimum Gasteiger partial charge on any atom is -0.398 e. The normalized spacial score (nSPS) is 12.6. The van der Waals surface area contributed by atoms with Crippen molar-refractivity contribution in [2.24, 2.45) is 0 Å². The highest BCUT2D eigenvalue weighted by Gasteiger charge is 2.10. The van der Waals surface area contributed by atoms with Gasteiger partial charge in [-0.25, -0.2) is 0 Å². The van der Waals surface area contributed by atoms with Crippen LogP contribution >= 0.6 is 11.8 Å². The van der Waals surface area contributed by atoms with Crippen LogP contribution in [-0.2, 0) is 6.42 Å². The van der Waals surface area contributed by atoms with Crippen LogP contribution in [0.4, 0.5) is 5.69 Å². The maximum absolute atomic E-state index is 5.95. The van der Waals surface area contributed by atoms with Gasteiger partial charge in [-0.3, -0.25) is 4.98 Å². The summed E-state index contributed by atoms with van der Waals surface area (Å²) >= 11 is 2.00. The third-order valence-corrected chi connectivity index (χ3v) is 3.90. The number of nitrogen functional groups attached to an aromatic ring is 1. The predicted molar refractivity (Wildman–Crippen MR) is 77.4 cm³/mol. The van der Waals surface area contributed by atoms with Crippen molar-refractivity contribution in [1.82, 2.24) is 10.3 Å². The van der Waals surface area contributed by atoms with E-state index in [-0.39, 0.29) is 0 Å². The van der Waals surface area contributed by atoms with Crippen molar-refractivity contribution < 1.29 is 0 Å². The smallest absolute Gasteiger partial charge is 0.0378 e. The van der Waals surface area contributed by atoms with E-state index >= 15 is 0 Å². The number of aromatic nitrogens is 1. The number of likely N-dealkylation sites (N-methyl/N-ethyl adjacent to an activating group) is 1. The summed E-state index contributed by atoms with van der Waals surface area (Å²) in [6, 6.07) is 2.36. The van der Waals surface area contributed by atoms with Gasteiger partial charge in [-0.2, -0.15) is 11.8 Å². The molecule has 3 N–H and O–H groups in total. The average molecular weight is 253 g/mol. The molecule has 3 nitrogen and oxygen atoms in total. The molecule has 1 atom stereocenters. The summed E-state index contributed by atoms with van der Waals surface area (Å²) in [7, 11) is 0. The van der Waals surface area contributed by atoms with Gasteiger partial charge >= 0.3 is 0 Å². The number of pyridine rings is 1. The number of thioether (sulfide) groups is 1. The summed E-state index contributed by atoms with van der Waals surface area (Å²) < 4.78 is 0. The van der Waals surface area contributed by atoms with Gasteiger partial charge in [-0.05, 0) is 36.8 Å². The molecule has 1 rings (SSSR count). The van der Waals surface area contributed by atoms with Gasteiger partial charge in [0.15, 0.2) is 0 Å². The van der Waals surface area contributed by atoms with E-state index in [1.165, 1.54) is 12.2 Å². The fourth-order valence-corrected chi connectivity index (χ4v) is 2.70. The number of rotatable bonds is 8. The zero-order valence-electron chi connectivity index (χ0n) is 10.8. The highest BCUT2D eigenvalue weighted by molar-refractivity contribution is 7.99. The van der Waals surface area contributed by atoms with Gasteiger partial charge in [0.05, 0.1) is 0 Å². The zero-order chi connectivity index (χ0) is 12.5. The van der Waals surface area contributed by atoms with Crippen molar-refractivity contribution in [3.8, 4) is 0 Å². The minimum atomic E-state index is 0.489. The van der Waals surface area contributed by atoms with Crippen molar-refractivity contribution >= 4 is 17.4 Å². The maximum atomic E-state index is 5.95. The highest BCUT2D eigenvalue weighted by Crippen LogP contribution is 2.14. The third-order valence-electron chi connectivity index (χ3n) is 2.57. The molecule has 0 saturated heterocycles. The first kappa shape index (κ1) is 14.3. The summed E-state index contributed by atoms with van der Waals surface area (Å²) in [5, 5.41) is 3.51. The second kappa shape index (κ2) is 8.37. The Balaban J connectivity index is 2.50. The fourth-order valence-electron chi connectivity index (χ4n) is 1.72. The summed E-state index contributed by atoms with van der Waals surface area (Å²) in [4.78, 5) is 4.14. The van der Waals surface area contributed by atoms with Crippen LogP contribution in [0.25, 0.3) is 0 Å². The molecule has 4 heteroatoms. The second-order valence-electron chi connectivity index (χ2n) is 4.11. The van der Waals surface area contributed by atoms with Crippen molar-refractivity contribution in [3.05, 3.63) is 24.0 Å². The van der Waals surface area contributed by atoms with E-state index in [4.69, 9.17) is 5.73 Å². The minimum absolute atomic E-state index is 0.489. The van der Waals surface area contributed by atoms with Gasteiger partial charge in [0.25, 0.3) is 0 Å². The molecule has 0 aromatic carbocycles. The Hall–Kier alpha value is -0.740. The van der Waals surface area contributed by atoms with Crippen LogP contribution in [0.3, 0.4) is 0 Å². The summed E-state index contributed by atoms with van der Waals surface area (Å²) in [5.74, 6) is 2.36. The molecule has 96 valence electrons. The molecule has 0 amide bonds. The Morgan fingerprint density at radius 2 is 2.29 bits per heavy atom. The lowest BCUT2D eigenvalue weighted by atomic mass is 10.1. The number of hydrogen-bond acceptors (Lipinski definition) is 4. The van der Waals surface area contributed by atoms with Gasteiger partial charge in [0.1, 0.15) is 0 Å². The molecule has 1 aromatic heterocycles. The SMILES string of the molecule is CCCSCC(Cc1cnccc1N)NCC. The standard InChI is InChI=1S/C13H23N3S/c1-3-7-17-10-12(16-4-2)8-11-9-15-6-5-13(11)14/h5-6,9,12,16H,3-4,7-8,10H2,1-2H3,(H2,14,15). The Morgan fingerprint density at radius 3 is 2.94 bits per heavy atom. The van der Waals surface area contributed by atoms with Crippen molar-refractivity contribution in [1.29, 1.82) is 0 Å². The molecular weight excluding hydrogens is 230 g/mol. The van der Waals surface area contributed by atoms with E-state index in [2.05, 4.69) is 24.1 Å². The molecular formula is C13H23N3S. The molecule has 0 spiro atoms. The molecule has 17 heavy (non-hydrogen) atoms. The first-order valence-corrected chi connectivity index (χ1v) is 7.42. The van der Waals surface area contributed by atoms with E-state index in [1.54, 1.807) is 6.20 Å². The largest absolute Gasteiger partial charge is 0.398 e. The lowest BCUT2D eigenvalue weighted by molar-refractivity contribution is 0.572. The van der Waals surface area contributed by atoms with Crippen molar-refractivity contribution in [3.63, 3.8) is 0 Å². The first-order chi connectivity index (χ1) is 8.27. The van der Waals surface area contributed by atoms with Crippen LogP contribution in [-0.4, -0.2) is 29.1 Å². The average Bonchev–Trinajstić information content (AvgIpc) is 2.32. The first-order valence-electron chi connectivity index (χ1n) is 6.27. The van der Waals surface area contributed by atoms with Crippen molar-refractivity contribution in [2.75, 3.05) is 23.8 Å². The Kier molecular flexibility index (Phi) is 7.05.